The zero-order chi connectivity index (χ0) is 13.8. The Morgan fingerprint density at radius 3 is 2.79 bits per heavy atom. The van der Waals surface area contributed by atoms with Crippen LogP contribution in [0.25, 0.3) is 0 Å². The van der Waals surface area contributed by atoms with Gasteiger partial charge in [-0.1, -0.05) is 30.9 Å². The number of anilines is 1. The molecule has 0 radical (unpaired) electrons. The largest absolute Gasteiger partial charge is 0.360 e. The number of halogens is 2. The van der Waals surface area contributed by atoms with Crippen LogP contribution in [0.5, 0.6) is 0 Å². The molecule has 0 spiro atoms. The summed E-state index contributed by atoms with van der Waals surface area (Å²) in [6.45, 7) is 1.94. The van der Waals surface area contributed by atoms with Crippen LogP contribution >= 0.6 is 39.7 Å². The van der Waals surface area contributed by atoms with Gasteiger partial charge in [-0.05, 0) is 53.5 Å². The van der Waals surface area contributed by atoms with E-state index in [1.165, 1.54) is 32.1 Å². The monoisotopic (exact) mass is 361 g/mol. The summed E-state index contributed by atoms with van der Waals surface area (Å²) in [7, 11) is 0. The van der Waals surface area contributed by atoms with Crippen LogP contribution in [0.1, 0.15) is 37.7 Å². The van der Waals surface area contributed by atoms with Crippen molar-refractivity contribution in [3.8, 4) is 0 Å². The molecule has 1 aliphatic rings. The van der Waals surface area contributed by atoms with E-state index in [0.717, 1.165) is 10.0 Å². The van der Waals surface area contributed by atoms with Gasteiger partial charge in [-0.3, -0.25) is 0 Å². The topological polar surface area (TPSA) is 37.0 Å². The van der Waals surface area contributed by atoms with Gasteiger partial charge in [0.2, 0.25) is 0 Å². The van der Waals surface area contributed by atoms with Crippen LogP contribution in [0.15, 0.2) is 10.7 Å². The van der Waals surface area contributed by atoms with Gasteiger partial charge in [0.05, 0.1) is 5.02 Å². The highest BCUT2D eigenvalue weighted by Gasteiger charge is 2.15. The third-order valence-electron chi connectivity index (χ3n) is 3.37. The Labute approximate surface area is 132 Å². The molecule has 19 heavy (non-hydrogen) atoms. The second kappa shape index (κ2) is 6.86. The minimum Gasteiger partial charge on any atom is -0.360 e. The number of nitrogens with zero attached hydrogens (tertiary/aromatic N) is 1. The molecule has 0 aromatic carbocycles. The smallest absolute Gasteiger partial charge is 0.172 e. The molecule has 0 bridgehead atoms. The van der Waals surface area contributed by atoms with Crippen molar-refractivity contribution in [2.75, 3.05) is 5.32 Å². The van der Waals surface area contributed by atoms with Gasteiger partial charge >= 0.3 is 0 Å². The fraction of sp³-hybridized carbons (Fsp3) is 0.538. The Morgan fingerprint density at radius 1 is 1.42 bits per heavy atom. The number of hydrogen-bond acceptors (Lipinski definition) is 2. The molecule has 1 aromatic heterocycles. The highest BCUT2D eigenvalue weighted by Crippen LogP contribution is 2.28. The van der Waals surface area contributed by atoms with Crippen LogP contribution in [0.3, 0.4) is 0 Å². The van der Waals surface area contributed by atoms with Gasteiger partial charge < -0.3 is 10.6 Å². The summed E-state index contributed by atoms with van der Waals surface area (Å²) in [6, 6.07) is 0.476. The van der Waals surface area contributed by atoms with Gasteiger partial charge in [-0.25, -0.2) is 4.98 Å². The van der Waals surface area contributed by atoms with Gasteiger partial charge in [0.15, 0.2) is 10.9 Å². The van der Waals surface area contributed by atoms with Crippen molar-refractivity contribution in [1.82, 2.24) is 10.3 Å². The van der Waals surface area contributed by atoms with Crippen LogP contribution in [0, 0.1) is 6.92 Å². The van der Waals surface area contributed by atoms with Crippen molar-refractivity contribution in [3.63, 3.8) is 0 Å². The van der Waals surface area contributed by atoms with Crippen LogP contribution in [0.2, 0.25) is 5.02 Å². The number of aromatic nitrogens is 1. The van der Waals surface area contributed by atoms with E-state index in [1.54, 1.807) is 6.20 Å². The first-order valence-corrected chi connectivity index (χ1v) is 8.04. The molecule has 0 saturated heterocycles. The summed E-state index contributed by atoms with van der Waals surface area (Å²) in [4.78, 5) is 4.25. The van der Waals surface area contributed by atoms with Crippen LogP contribution in [-0.4, -0.2) is 16.1 Å². The number of rotatable bonds is 2. The summed E-state index contributed by atoms with van der Waals surface area (Å²) in [5, 5.41) is 7.62. The Kier molecular flexibility index (Phi) is 5.42. The lowest BCUT2D eigenvalue weighted by molar-refractivity contribution is 0.415. The lowest BCUT2D eigenvalue weighted by Crippen LogP contribution is -2.39. The number of thiocarbonyl (C=S) groups is 1. The maximum atomic E-state index is 6.24. The number of hydrogen-bond donors (Lipinski definition) is 2. The molecule has 1 heterocycles. The molecule has 0 aliphatic heterocycles. The molecule has 6 heteroatoms. The van der Waals surface area contributed by atoms with Crippen molar-refractivity contribution in [2.45, 2.75) is 45.1 Å². The molecule has 104 valence electrons. The molecular formula is C13H17BrClN3S. The Morgan fingerprint density at radius 2 is 2.11 bits per heavy atom. The first-order valence-electron chi connectivity index (χ1n) is 6.46. The summed E-state index contributed by atoms with van der Waals surface area (Å²) in [5.74, 6) is 0.607. The van der Waals surface area contributed by atoms with Gasteiger partial charge in [0.25, 0.3) is 0 Å². The molecule has 3 nitrogen and oxygen atoms in total. The van der Waals surface area contributed by atoms with Crippen molar-refractivity contribution in [2.24, 2.45) is 0 Å². The normalized spacial score (nSPS) is 16.2. The minimum atomic E-state index is 0.476. The van der Waals surface area contributed by atoms with Gasteiger partial charge in [0.1, 0.15) is 0 Å². The number of nitrogens with one attached hydrogen (secondary N) is 2. The fourth-order valence-electron chi connectivity index (χ4n) is 2.22. The molecule has 0 amide bonds. The quantitative estimate of drug-likeness (QED) is 0.763. The molecule has 2 rings (SSSR count). The summed E-state index contributed by atoms with van der Waals surface area (Å²) in [6.07, 6.45) is 7.97. The third kappa shape index (κ3) is 4.04. The first-order chi connectivity index (χ1) is 9.08. The molecule has 0 unspecified atom stereocenters. The predicted molar refractivity (Wildman–Crippen MR) is 87.9 cm³/mol. The predicted octanol–water partition coefficient (Wildman–Crippen LogP) is 4.43. The highest BCUT2D eigenvalue weighted by molar-refractivity contribution is 9.10. The number of pyridine rings is 1. The van der Waals surface area contributed by atoms with Gasteiger partial charge in [-0.2, -0.15) is 0 Å². The van der Waals surface area contributed by atoms with Crippen molar-refractivity contribution < 1.29 is 0 Å². The van der Waals surface area contributed by atoms with E-state index in [1.807, 2.05) is 6.92 Å². The maximum absolute atomic E-state index is 6.24. The standard InChI is InChI=1S/C13H17BrClN3S/c1-8-10(14)7-16-12(11(8)15)18-13(19)17-9-5-3-2-4-6-9/h7,9H,2-6H2,1H3,(H2,16,17,18,19). The van der Waals surface area contributed by atoms with E-state index in [2.05, 4.69) is 31.5 Å². The van der Waals surface area contributed by atoms with E-state index in [4.69, 9.17) is 23.8 Å². The molecule has 1 aliphatic carbocycles. The minimum absolute atomic E-state index is 0.476. The lowest BCUT2D eigenvalue weighted by atomic mass is 9.96. The molecule has 1 fully saturated rings. The Bertz CT molecular complexity index is 475. The van der Waals surface area contributed by atoms with Crippen molar-refractivity contribution in [3.05, 3.63) is 21.3 Å². The lowest BCUT2D eigenvalue weighted by Gasteiger charge is -2.24. The van der Waals surface area contributed by atoms with Gasteiger partial charge in [-0.15, -0.1) is 0 Å². The van der Waals surface area contributed by atoms with Crippen LogP contribution in [-0.2, 0) is 0 Å². The van der Waals surface area contributed by atoms with E-state index in [9.17, 15) is 0 Å². The molecule has 2 N–H and O–H groups in total. The van der Waals surface area contributed by atoms with E-state index in [0.29, 0.717) is 22.0 Å². The van der Waals surface area contributed by atoms with Gasteiger partial charge in [0, 0.05) is 16.7 Å². The summed E-state index contributed by atoms with van der Waals surface area (Å²) < 4.78 is 0.897. The van der Waals surface area contributed by atoms with Crippen molar-refractivity contribution in [1.29, 1.82) is 0 Å². The van der Waals surface area contributed by atoms with E-state index in [-0.39, 0.29) is 0 Å². The van der Waals surface area contributed by atoms with E-state index >= 15 is 0 Å². The second-order valence-electron chi connectivity index (χ2n) is 4.83. The average molecular weight is 363 g/mol. The highest BCUT2D eigenvalue weighted by atomic mass is 79.9. The average Bonchev–Trinajstić information content (AvgIpc) is 2.41. The SMILES string of the molecule is Cc1c(Br)cnc(NC(=S)NC2CCCCC2)c1Cl. The van der Waals surface area contributed by atoms with Crippen LogP contribution in [0.4, 0.5) is 5.82 Å². The maximum Gasteiger partial charge on any atom is 0.172 e. The Hall–Kier alpha value is -0.390. The van der Waals surface area contributed by atoms with Crippen molar-refractivity contribution >= 4 is 50.7 Å². The Balaban J connectivity index is 1.97. The molecule has 1 saturated carbocycles. The zero-order valence-corrected chi connectivity index (χ0v) is 14.0. The molecule has 0 atom stereocenters. The fourth-order valence-corrected chi connectivity index (χ4v) is 3.10. The van der Waals surface area contributed by atoms with E-state index < -0.39 is 0 Å². The summed E-state index contributed by atoms with van der Waals surface area (Å²) in [5.41, 5.74) is 0.958. The molecular weight excluding hydrogens is 346 g/mol. The summed E-state index contributed by atoms with van der Waals surface area (Å²) >= 11 is 15.0. The zero-order valence-electron chi connectivity index (χ0n) is 10.8. The first kappa shape index (κ1) is 15.0. The van der Waals surface area contributed by atoms with Crippen LogP contribution < -0.4 is 10.6 Å². The second-order valence-corrected chi connectivity index (χ2v) is 6.47. The third-order valence-corrected chi connectivity index (χ3v) is 4.86. The molecule has 1 aromatic rings.